The molecule has 0 aliphatic rings. The van der Waals surface area contributed by atoms with Gasteiger partial charge in [-0.15, -0.1) is 22.7 Å². The number of hydrogen-bond acceptors (Lipinski definition) is 3. The maximum absolute atomic E-state index is 2.41. The van der Waals surface area contributed by atoms with Crippen molar-refractivity contribution in [2.45, 2.75) is 0 Å². The predicted octanol–water partition coefficient (Wildman–Crippen LogP) is 15.8. The first-order valence-corrected chi connectivity index (χ1v) is 20.6. The molecule has 0 saturated heterocycles. The van der Waals surface area contributed by atoms with Gasteiger partial charge in [-0.25, -0.2) is 0 Å². The second-order valence-electron chi connectivity index (χ2n) is 14.7. The van der Waals surface area contributed by atoms with Crippen molar-refractivity contribution in [2.75, 3.05) is 4.90 Å². The average Bonchev–Trinajstić information content (AvgIpc) is 3.95. The number of anilines is 3. The van der Waals surface area contributed by atoms with E-state index in [1.165, 1.54) is 89.7 Å². The summed E-state index contributed by atoms with van der Waals surface area (Å²) >= 11 is 3.75. The average molecular weight is 749 g/mol. The first-order valence-electron chi connectivity index (χ1n) is 19.0. The van der Waals surface area contributed by atoms with Crippen molar-refractivity contribution in [3.05, 3.63) is 194 Å². The summed E-state index contributed by atoms with van der Waals surface area (Å²) in [4.78, 5) is 2.41. The highest BCUT2D eigenvalue weighted by molar-refractivity contribution is 7.26. The molecule has 262 valence electrons. The fourth-order valence-corrected chi connectivity index (χ4v) is 10.8. The molecule has 2 nitrogen and oxygen atoms in total. The molecule has 0 atom stereocenters. The Kier molecular flexibility index (Phi) is 7.00. The molecule has 0 unspecified atom stereocenters. The molecule has 56 heavy (non-hydrogen) atoms. The Labute approximate surface area is 331 Å². The second kappa shape index (κ2) is 12.4. The lowest BCUT2D eigenvalue weighted by Crippen LogP contribution is -2.09. The van der Waals surface area contributed by atoms with Gasteiger partial charge in [-0.1, -0.05) is 91.0 Å². The first-order chi connectivity index (χ1) is 27.7. The van der Waals surface area contributed by atoms with Gasteiger partial charge in [0, 0.05) is 80.9 Å². The van der Waals surface area contributed by atoms with Crippen LogP contribution in [-0.2, 0) is 0 Å². The number of pyridine rings is 1. The molecule has 8 aromatic carbocycles. The summed E-state index contributed by atoms with van der Waals surface area (Å²) in [6.07, 6.45) is 4.30. The smallest absolute Gasteiger partial charge is 0.0468 e. The van der Waals surface area contributed by atoms with E-state index in [-0.39, 0.29) is 0 Å². The van der Waals surface area contributed by atoms with Crippen molar-refractivity contribution in [3.8, 4) is 22.3 Å². The zero-order valence-corrected chi connectivity index (χ0v) is 31.8. The second-order valence-corrected chi connectivity index (χ2v) is 16.8. The van der Waals surface area contributed by atoms with Crippen LogP contribution in [0.25, 0.3) is 89.7 Å². The highest BCUT2D eigenvalue weighted by Crippen LogP contribution is 2.43. The van der Waals surface area contributed by atoms with Crippen LogP contribution < -0.4 is 4.90 Å². The summed E-state index contributed by atoms with van der Waals surface area (Å²) < 4.78 is 7.49. The zero-order chi connectivity index (χ0) is 36.7. The Bertz CT molecular complexity index is 3290. The summed E-state index contributed by atoms with van der Waals surface area (Å²) in [7, 11) is 0. The van der Waals surface area contributed by atoms with Crippen LogP contribution in [0.2, 0.25) is 0 Å². The largest absolute Gasteiger partial charge is 0.323 e. The molecule has 0 aliphatic heterocycles. The topological polar surface area (TPSA) is 7.65 Å². The highest BCUT2D eigenvalue weighted by Gasteiger charge is 2.16. The standard InChI is InChI=1S/C52H32N2S2/c1-3-10-49-45(8-1)47-28-38-25-43(22-18-36(38)30-51(47)55-49)54(44-23-19-37-31-52-48(29-39(37)26-44)46-9-2-4-11-50(46)56-52)41-20-16-34(17-21-41)33-12-14-35(15-13-33)40-27-42-7-5-6-24-53(42)32-40/h1-32H. The van der Waals surface area contributed by atoms with Crippen LogP contribution in [0.15, 0.2) is 194 Å². The van der Waals surface area contributed by atoms with Crippen LogP contribution in [0.4, 0.5) is 17.1 Å². The molecule has 0 spiro atoms. The monoisotopic (exact) mass is 748 g/mol. The maximum Gasteiger partial charge on any atom is 0.0468 e. The minimum absolute atomic E-state index is 1.12. The SMILES string of the molecule is c1ccc2c(c1)sc1cc3ccc(N(c4ccc(-c5ccc(-c6cc7ccccn7c6)cc5)cc4)c4ccc5cc6sc7ccccc7c6cc5c4)cc3cc12. The summed E-state index contributed by atoms with van der Waals surface area (Å²) in [5.74, 6) is 0. The predicted molar refractivity (Wildman–Crippen MR) is 244 cm³/mol. The Hall–Kier alpha value is -6.72. The normalized spacial score (nSPS) is 11.9. The number of hydrogen-bond donors (Lipinski definition) is 0. The van der Waals surface area contributed by atoms with Gasteiger partial charge in [-0.05, 0) is 129 Å². The summed E-state index contributed by atoms with van der Waals surface area (Å²) in [6.45, 7) is 0. The van der Waals surface area contributed by atoms with Gasteiger partial charge in [0.1, 0.15) is 0 Å². The molecule has 0 amide bonds. The van der Waals surface area contributed by atoms with E-state index in [1.807, 2.05) is 22.7 Å². The quantitative estimate of drug-likeness (QED) is 0.170. The van der Waals surface area contributed by atoms with Gasteiger partial charge in [0.2, 0.25) is 0 Å². The van der Waals surface area contributed by atoms with Crippen LogP contribution in [0.1, 0.15) is 0 Å². The van der Waals surface area contributed by atoms with E-state index in [2.05, 4.69) is 204 Å². The van der Waals surface area contributed by atoms with Crippen LogP contribution in [0.3, 0.4) is 0 Å². The Balaban J connectivity index is 0.972. The fraction of sp³-hybridized carbons (Fsp3) is 0. The van der Waals surface area contributed by atoms with E-state index in [4.69, 9.17) is 0 Å². The summed E-state index contributed by atoms with van der Waals surface area (Å²) in [5, 5.41) is 10.3. The van der Waals surface area contributed by atoms with E-state index in [0.29, 0.717) is 0 Å². The molecular weight excluding hydrogens is 717 g/mol. The molecule has 0 fully saturated rings. The number of aromatic nitrogens is 1. The molecule has 4 heterocycles. The lowest BCUT2D eigenvalue weighted by atomic mass is 10.0. The fourth-order valence-electron chi connectivity index (χ4n) is 8.51. The van der Waals surface area contributed by atoms with Gasteiger partial charge in [-0.2, -0.15) is 0 Å². The lowest BCUT2D eigenvalue weighted by molar-refractivity contribution is 1.20. The van der Waals surface area contributed by atoms with Gasteiger partial charge >= 0.3 is 0 Å². The van der Waals surface area contributed by atoms with Crippen molar-refractivity contribution in [3.63, 3.8) is 0 Å². The number of thiophene rings is 2. The molecular formula is C52H32N2S2. The van der Waals surface area contributed by atoms with Gasteiger partial charge in [0.25, 0.3) is 0 Å². The highest BCUT2D eigenvalue weighted by atomic mass is 32.1. The van der Waals surface area contributed by atoms with Gasteiger partial charge in [0.15, 0.2) is 0 Å². The number of benzene rings is 8. The van der Waals surface area contributed by atoms with Crippen molar-refractivity contribution < 1.29 is 0 Å². The van der Waals surface area contributed by atoms with E-state index in [0.717, 1.165) is 17.1 Å². The number of nitrogens with zero attached hydrogens (tertiary/aromatic N) is 2. The molecule has 4 heteroatoms. The van der Waals surface area contributed by atoms with Crippen molar-refractivity contribution in [1.29, 1.82) is 0 Å². The third kappa shape index (κ3) is 5.15. The van der Waals surface area contributed by atoms with Gasteiger partial charge in [-0.3, -0.25) is 0 Å². The van der Waals surface area contributed by atoms with Crippen LogP contribution in [-0.4, -0.2) is 4.40 Å². The third-order valence-corrected chi connectivity index (χ3v) is 13.6. The molecule has 0 aliphatic carbocycles. The van der Waals surface area contributed by atoms with Crippen LogP contribution in [0.5, 0.6) is 0 Å². The number of fused-ring (bicyclic) bond motifs is 9. The molecule has 0 N–H and O–H groups in total. The molecule has 12 rings (SSSR count). The maximum atomic E-state index is 2.41. The van der Waals surface area contributed by atoms with Crippen molar-refractivity contribution in [1.82, 2.24) is 4.40 Å². The first kappa shape index (κ1) is 31.6. The third-order valence-electron chi connectivity index (χ3n) is 11.3. The molecule has 12 aromatic rings. The van der Waals surface area contributed by atoms with Crippen LogP contribution >= 0.6 is 22.7 Å². The summed E-state index contributed by atoms with van der Waals surface area (Å²) in [5.41, 5.74) is 9.42. The van der Waals surface area contributed by atoms with Gasteiger partial charge < -0.3 is 9.30 Å². The lowest BCUT2D eigenvalue weighted by Gasteiger charge is -2.26. The zero-order valence-electron chi connectivity index (χ0n) is 30.2. The van der Waals surface area contributed by atoms with E-state index >= 15 is 0 Å². The Morgan fingerprint density at radius 2 is 0.839 bits per heavy atom. The van der Waals surface area contributed by atoms with E-state index in [1.54, 1.807) is 0 Å². The molecule has 0 bridgehead atoms. The van der Waals surface area contributed by atoms with E-state index < -0.39 is 0 Å². The van der Waals surface area contributed by atoms with E-state index in [9.17, 15) is 0 Å². The Morgan fingerprint density at radius 3 is 1.41 bits per heavy atom. The van der Waals surface area contributed by atoms with Crippen LogP contribution in [0, 0.1) is 0 Å². The number of rotatable bonds is 5. The Morgan fingerprint density at radius 1 is 0.339 bits per heavy atom. The minimum atomic E-state index is 1.12. The van der Waals surface area contributed by atoms with Crippen molar-refractivity contribution in [2.24, 2.45) is 0 Å². The van der Waals surface area contributed by atoms with Crippen molar-refractivity contribution >= 4 is 107 Å². The molecule has 0 radical (unpaired) electrons. The molecule has 4 aromatic heterocycles. The van der Waals surface area contributed by atoms with Gasteiger partial charge in [0.05, 0.1) is 0 Å². The molecule has 0 saturated carbocycles. The minimum Gasteiger partial charge on any atom is -0.323 e. The summed E-state index contributed by atoms with van der Waals surface area (Å²) in [6, 6.07) is 67.4.